The van der Waals surface area contributed by atoms with Crippen LogP contribution in [-0.2, 0) is 0 Å². The monoisotopic (exact) mass is 249 g/mol. The molecular formula is C18H19N. The smallest absolute Gasteiger partial charge is 0.0385 e. The predicted octanol–water partition coefficient (Wildman–Crippen LogP) is 4.46. The maximum atomic E-state index is 6.21. The molecule has 0 unspecified atom stereocenters. The average molecular weight is 249 g/mol. The number of rotatable bonds is 4. The molecule has 96 valence electrons. The fourth-order valence-electron chi connectivity index (χ4n) is 2.21. The molecule has 0 aromatic heterocycles. The molecule has 0 aliphatic heterocycles. The van der Waals surface area contributed by atoms with Gasteiger partial charge < -0.3 is 5.73 Å². The van der Waals surface area contributed by atoms with Crippen LogP contribution in [0.1, 0.15) is 24.0 Å². The van der Waals surface area contributed by atoms with Crippen LogP contribution < -0.4 is 5.73 Å². The zero-order valence-electron chi connectivity index (χ0n) is 11.1. The zero-order chi connectivity index (χ0) is 13.7. The lowest BCUT2D eigenvalue weighted by atomic mass is 10.0. The molecule has 0 saturated heterocycles. The van der Waals surface area contributed by atoms with E-state index in [1.54, 1.807) is 6.08 Å². The Balaban J connectivity index is 2.28. The summed E-state index contributed by atoms with van der Waals surface area (Å²) in [6.07, 6.45) is 11.8. The first-order valence-electron chi connectivity index (χ1n) is 6.44. The number of nitrogens with two attached hydrogens (primary N) is 1. The largest absolute Gasteiger partial charge is 0.398 e. The minimum absolute atomic E-state index is 0.907. The number of benzene rings is 1. The van der Waals surface area contributed by atoms with E-state index in [9.17, 15) is 0 Å². The van der Waals surface area contributed by atoms with Gasteiger partial charge in [0, 0.05) is 5.70 Å². The van der Waals surface area contributed by atoms with Crippen LogP contribution in [0.15, 0.2) is 73.4 Å². The first-order chi connectivity index (χ1) is 9.26. The summed E-state index contributed by atoms with van der Waals surface area (Å²) in [6, 6.07) is 8.27. The van der Waals surface area contributed by atoms with Crippen LogP contribution in [0.2, 0.25) is 0 Å². The van der Waals surface area contributed by atoms with Crippen molar-refractivity contribution in [3.8, 4) is 0 Å². The van der Waals surface area contributed by atoms with E-state index in [-0.39, 0.29) is 0 Å². The van der Waals surface area contributed by atoms with Crippen molar-refractivity contribution >= 4 is 11.3 Å². The van der Waals surface area contributed by atoms with E-state index in [0.29, 0.717) is 0 Å². The van der Waals surface area contributed by atoms with Crippen molar-refractivity contribution in [3.05, 3.63) is 84.5 Å². The van der Waals surface area contributed by atoms with E-state index in [2.05, 4.69) is 49.6 Å². The molecule has 1 aromatic carbocycles. The summed E-state index contributed by atoms with van der Waals surface area (Å²) < 4.78 is 0. The molecule has 0 atom stereocenters. The minimum Gasteiger partial charge on any atom is -0.398 e. The Morgan fingerprint density at radius 3 is 2.11 bits per heavy atom. The van der Waals surface area contributed by atoms with E-state index in [1.807, 2.05) is 12.2 Å². The Hall–Kier alpha value is -2.28. The van der Waals surface area contributed by atoms with Gasteiger partial charge in [-0.05, 0) is 35.1 Å². The van der Waals surface area contributed by atoms with Gasteiger partial charge in [-0.3, -0.25) is 0 Å². The van der Waals surface area contributed by atoms with Crippen LogP contribution in [0, 0.1) is 0 Å². The third-order valence-electron chi connectivity index (χ3n) is 3.32. The molecule has 1 aliphatic rings. The van der Waals surface area contributed by atoms with Crippen molar-refractivity contribution in [1.82, 2.24) is 0 Å². The molecule has 1 nitrogen and oxygen atoms in total. The van der Waals surface area contributed by atoms with E-state index in [1.165, 1.54) is 5.57 Å². The van der Waals surface area contributed by atoms with Crippen LogP contribution in [0.5, 0.6) is 0 Å². The molecule has 0 amide bonds. The number of hydrogen-bond donors (Lipinski definition) is 1. The molecule has 0 radical (unpaired) electrons. The second-order valence-corrected chi connectivity index (χ2v) is 4.54. The molecular weight excluding hydrogens is 230 g/mol. The van der Waals surface area contributed by atoms with Crippen LogP contribution >= 0.6 is 0 Å². The molecule has 1 aromatic rings. The van der Waals surface area contributed by atoms with Gasteiger partial charge in [-0.25, -0.2) is 0 Å². The Kier molecular flexibility index (Phi) is 4.19. The molecule has 1 heteroatoms. The van der Waals surface area contributed by atoms with Gasteiger partial charge in [0.25, 0.3) is 0 Å². The normalized spacial score (nSPS) is 14.5. The summed E-state index contributed by atoms with van der Waals surface area (Å²) in [7, 11) is 0. The fraction of sp³-hybridized carbons (Fsp3) is 0.111. The van der Waals surface area contributed by atoms with E-state index in [4.69, 9.17) is 5.73 Å². The molecule has 0 spiro atoms. The molecule has 2 rings (SSSR count). The quantitative estimate of drug-likeness (QED) is 0.618. The molecule has 0 bridgehead atoms. The predicted molar refractivity (Wildman–Crippen MR) is 84.3 cm³/mol. The number of allylic oxidation sites excluding steroid dienone is 7. The third kappa shape index (κ3) is 2.94. The van der Waals surface area contributed by atoms with Gasteiger partial charge in [0.2, 0.25) is 0 Å². The number of hydrogen-bond acceptors (Lipinski definition) is 1. The maximum absolute atomic E-state index is 6.21. The van der Waals surface area contributed by atoms with Gasteiger partial charge in [0.15, 0.2) is 0 Å². The van der Waals surface area contributed by atoms with Crippen molar-refractivity contribution in [2.45, 2.75) is 12.8 Å². The van der Waals surface area contributed by atoms with Gasteiger partial charge in [0.1, 0.15) is 0 Å². The zero-order valence-corrected chi connectivity index (χ0v) is 11.1. The average Bonchev–Trinajstić information content (AvgIpc) is 2.98. The Morgan fingerprint density at radius 1 is 1.00 bits per heavy atom. The Morgan fingerprint density at radius 2 is 1.58 bits per heavy atom. The summed E-state index contributed by atoms with van der Waals surface area (Å²) >= 11 is 0. The third-order valence-corrected chi connectivity index (χ3v) is 3.32. The van der Waals surface area contributed by atoms with E-state index < -0.39 is 0 Å². The van der Waals surface area contributed by atoms with Crippen LogP contribution in [0.3, 0.4) is 0 Å². The van der Waals surface area contributed by atoms with Crippen molar-refractivity contribution in [2.75, 3.05) is 0 Å². The molecule has 0 heterocycles. The highest BCUT2D eigenvalue weighted by Gasteiger charge is 2.07. The van der Waals surface area contributed by atoms with Crippen molar-refractivity contribution in [1.29, 1.82) is 0 Å². The van der Waals surface area contributed by atoms with Gasteiger partial charge in [0.05, 0.1) is 0 Å². The lowest BCUT2D eigenvalue weighted by Gasteiger charge is -2.08. The Bertz CT molecular complexity index is 558. The Labute approximate surface area is 115 Å². The second-order valence-electron chi connectivity index (χ2n) is 4.54. The first-order valence-corrected chi connectivity index (χ1v) is 6.44. The topological polar surface area (TPSA) is 26.0 Å². The summed E-state index contributed by atoms with van der Waals surface area (Å²) in [5, 5.41) is 0. The molecule has 0 fully saturated rings. The lowest BCUT2D eigenvalue weighted by Crippen LogP contribution is -2.00. The highest BCUT2D eigenvalue weighted by atomic mass is 14.6. The SMILES string of the molecule is C=C/C=C(\C=C)c1ccc(C(N)=C2CC=CC2)cc1. The van der Waals surface area contributed by atoms with Crippen LogP contribution in [0.25, 0.3) is 11.3 Å². The highest BCUT2D eigenvalue weighted by Crippen LogP contribution is 2.25. The first kappa shape index (κ1) is 13.2. The van der Waals surface area contributed by atoms with Crippen LogP contribution in [0.4, 0.5) is 0 Å². The minimum atomic E-state index is 0.907. The van der Waals surface area contributed by atoms with Crippen molar-refractivity contribution in [3.63, 3.8) is 0 Å². The van der Waals surface area contributed by atoms with Gasteiger partial charge in [-0.1, -0.05) is 67.8 Å². The summed E-state index contributed by atoms with van der Waals surface area (Å²) in [4.78, 5) is 0. The van der Waals surface area contributed by atoms with Gasteiger partial charge in [-0.15, -0.1) is 0 Å². The van der Waals surface area contributed by atoms with Gasteiger partial charge >= 0.3 is 0 Å². The molecule has 1 aliphatic carbocycles. The highest BCUT2D eigenvalue weighted by molar-refractivity contribution is 5.76. The summed E-state index contributed by atoms with van der Waals surface area (Å²) in [5.74, 6) is 0. The van der Waals surface area contributed by atoms with Gasteiger partial charge in [-0.2, -0.15) is 0 Å². The van der Waals surface area contributed by atoms with E-state index in [0.717, 1.165) is 35.2 Å². The maximum Gasteiger partial charge on any atom is 0.0385 e. The molecule has 19 heavy (non-hydrogen) atoms. The standard InChI is InChI=1S/C18H19N/c1-3-7-14(4-2)15-10-12-17(13-11-15)18(19)16-8-5-6-9-16/h3-7,10-13H,1-2,8-9,19H2/b14-7+. The summed E-state index contributed by atoms with van der Waals surface area (Å²) in [5.41, 5.74) is 11.7. The van der Waals surface area contributed by atoms with Crippen molar-refractivity contribution < 1.29 is 0 Å². The van der Waals surface area contributed by atoms with Crippen LogP contribution in [-0.4, -0.2) is 0 Å². The second kappa shape index (κ2) is 6.05. The summed E-state index contributed by atoms with van der Waals surface area (Å²) in [6.45, 7) is 7.53. The lowest BCUT2D eigenvalue weighted by molar-refractivity contribution is 1.18. The van der Waals surface area contributed by atoms with E-state index >= 15 is 0 Å². The molecule has 0 saturated carbocycles. The molecule has 2 N–H and O–H groups in total. The fourth-order valence-corrected chi connectivity index (χ4v) is 2.21. The van der Waals surface area contributed by atoms with Crippen molar-refractivity contribution in [2.24, 2.45) is 5.73 Å².